The molecule has 0 saturated heterocycles. The molecule has 3 heteroatoms. The number of carboxylic acid groups (broad SMARTS) is 1. The first-order valence-corrected chi connectivity index (χ1v) is 7.03. The molecule has 0 heterocycles. The summed E-state index contributed by atoms with van der Waals surface area (Å²) in [6.45, 7) is 1.78. The lowest BCUT2D eigenvalue weighted by Crippen LogP contribution is -2.17. The molecule has 2 aromatic rings. The summed E-state index contributed by atoms with van der Waals surface area (Å²) in [4.78, 5) is 23.1. The van der Waals surface area contributed by atoms with Crippen molar-refractivity contribution in [1.29, 1.82) is 0 Å². The molecule has 3 nitrogen and oxygen atoms in total. The van der Waals surface area contributed by atoms with Crippen LogP contribution in [0.4, 0.5) is 0 Å². The van der Waals surface area contributed by atoms with Gasteiger partial charge in [-0.3, -0.25) is 9.59 Å². The van der Waals surface area contributed by atoms with Gasteiger partial charge < -0.3 is 5.11 Å². The minimum Gasteiger partial charge on any atom is -0.481 e. The van der Waals surface area contributed by atoms with Crippen LogP contribution in [0.25, 0.3) is 11.1 Å². The standard InChI is InChI=1S/C18H18O3/c1-2-13(18(20)21)12-17(19)16-10-8-15(9-11-16)14-6-4-3-5-7-14/h3-11,13H,2,12H2,1H3,(H,20,21). The molecule has 0 fully saturated rings. The van der Waals surface area contributed by atoms with Crippen molar-refractivity contribution < 1.29 is 14.7 Å². The highest BCUT2D eigenvalue weighted by molar-refractivity contribution is 5.98. The first-order valence-electron chi connectivity index (χ1n) is 7.03. The van der Waals surface area contributed by atoms with Crippen LogP contribution in [0, 0.1) is 5.92 Å². The van der Waals surface area contributed by atoms with Gasteiger partial charge in [0.05, 0.1) is 5.92 Å². The van der Waals surface area contributed by atoms with Crippen LogP contribution in [0.15, 0.2) is 54.6 Å². The van der Waals surface area contributed by atoms with Crippen LogP contribution in [0.2, 0.25) is 0 Å². The molecule has 0 aromatic heterocycles. The predicted molar refractivity (Wildman–Crippen MR) is 82.2 cm³/mol. The normalized spacial score (nSPS) is 11.9. The van der Waals surface area contributed by atoms with Gasteiger partial charge in [-0.2, -0.15) is 0 Å². The number of carbonyl (C=O) groups is 2. The molecular weight excluding hydrogens is 264 g/mol. The average Bonchev–Trinajstić information content (AvgIpc) is 2.53. The zero-order chi connectivity index (χ0) is 15.2. The van der Waals surface area contributed by atoms with Crippen molar-refractivity contribution in [1.82, 2.24) is 0 Å². The van der Waals surface area contributed by atoms with E-state index in [1.807, 2.05) is 42.5 Å². The summed E-state index contributed by atoms with van der Waals surface area (Å²) in [5.41, 5.74) is 2.69. The zero-order valence-corrected chi connectivity index (χ0v) is 12.0. The fraction of sp³-hybridized carbons (Fsp3) is 0.222. The van der Waals surface area contributed by atoms with Crippen LogP contribution in [-0.2, 0) is 4.79 Å². The highest BCUT2D eigenvalue weighted by Gasteiger charge is 2.19. The van der Waals surface area contributed by atoms with Crippen molar-refractivity contribution >= 4 is 11.8 Å². The van der Waals surface area contributed by atoms with Gasteiger partial charge in [0.2, 0.25) is 0 Å². The third-order valence-corrected chi connectivity index (χ3v) is 3.59. The van der Waals surface area contributed by atoms with Crippen molar-refractivity contribution in [3.05, 3.63) is 60.2 Å². The second-order valence-electron chi connectivity index (χ2n) is 5.01. The lowest BCUT2D eigenvalue weighted by atomic mass is 9.95. The minimum atomic E-state index is -0.910. The quantitative estimate of drug-likeness (QED) is 0.814. The molecule has 1 atom stereocenters. The van der Waals surface area contributed by atoms with Crippen molar-refractivity contribution in [2.45, 2.75) is 19.8 Å². The Morgan fingerprint density at radius 3 is 2.05 bits per heavy atom. The number of hydrogen-bond donors (Lipinski definition) is 1. The Hall–Kier alpha value is -2.42. The van der Waals surface area contributed by atoms with E-state index in [1.54, 1.807) is 19.1 Å². The van der Waals surface area contributed by atoms with E-state index < -0.39 is 11.9 Å². The Morgan fingerprint density at radius 2 is 1.52 bits per heavy atom. The third-order valence-electron chi connectivity index (χ3n) is 3.59. The Bertz CT molecular complexity index is 615. The summed E-state index contributed by atoms with van der Waals surface area (Å²) in [5, 5.41) is 9.01. The van der Waals surface area contributed by atoms with Gasteiger partial charge in [-0.25, -0.2) is 0 Å². The van der Waals surface area contributed by atoms with Crippen LogP contribution in [-0.4, -0.2) is 16.9 Å². The Kier molecular flexibility index (Phi) is 4.88. The van der Waals surface area contributed by atoms with Gasteiger partial charge in [0.1, 0.15) is 0 Å². The van der Waals surface area contributed by atoms with Crippen LogP contribution >= 0.6 is 0 Å². The number of Topliss-reactive ketones (excluding diaryl/α,β-unsaturated/α-hetero) is 1. The molecule has 0 radical (unpaired) electrons. The molecule has 0 spiro atoms. The smallest absolute Gasteiger partial charge is 0.306 e. The van der Waals surface area contributed by atoms with Gasteiger partial charge in [0, 0.05) is 12.0 Å². The fourth-order valence-electron chi connectivity index (χ4n) is 2.23. The highest BCUT2D eigenvalue weighted by Crippen LogP contribution is 2.21. The Labute approximate surface area is 124 Å². The molecule has 1 unspecified atom stereocenters. The Morgan fingerprint density at radius 1 is 0.952 bits per heavy atom. The maximum atomic E-state index is 12.1. The SMILES string of the molecule is CCC(CC(=O)c1ccc(-c2ccccc2)cc1)C(=O)O. The minimum absolute atomic E-state index is 0.0521. The van der Waals surface area contributed by atoms with E-state index in [0.29, 0.717) is 12.0 Å². The highest BCUT2D eigenvalue weighted by atomic mass is 16.4. The lowest BCUT2D eigenvalue weighted by molar-refractivity contribution is -0.141. The average molecular weight is 282 g/mol. The van der Waals surface area contributed by atoms with E-state index in [1.165, 1.54) is 0 Å². The van der Waals surface area contributed by atoms with Crippen molar-refractivity contribution in [3.8, 4) is 11.1 Å². The maximum absolute atomic E-state index is 12.1. The van der Waals surface area contributed by atoms with Crippen LogP contribution in [0.5, 0.6) is 0 Å². The van der Waals surface area contributed by atoms with E-state index in [2.05, 4.69) is 0 Å². The van der Waals surface area contributed by atoms with E-state index in [4.69, 9.17) is 5.11 Å². The molecule has 0 amide bonds. The summed E-state index contributed by atoms with van der Waals surface area (Å²) >= 11 is 0. The topological polar surface area (TPSA) is 54.4 Å². The van der Waals surface area contributed by atoms with Crippen LogP contribution < -0.4 is 0 Å². The number of aliphatic carboxylic acids is 1. The van der Waals surface area contributed by atoms with Crippen LogP contribution in [0.1, 0.15) is 30.1 Å². The molecule has 0 aliphatic carbocycles. The molecular formula is C18H18O3. The fourth-order valence-corrected chi connectivity index (χ4v) is 2.23. The van der Waals surface area contributed by atoms with E-state index >= 15 is 0 Å². The number of ketones is 1. The van der Waals surface area contributed by atoms with Gasteiger partial charge in [-0.15, -0.1) is 0 Å². The molecule has 0 aliphatic heterocycles. The van der Waals surface area contributed by atoms with Crippen molar-refractivity contribution in [3.63, 3.8) is 0 Å². The number of carboxylic acids is 1. The summed E-state index contributed by atoms with van der Waals surface area (Å²) in [7, 11) is 0. The molecule has 2 rings (SSSR count). The van der Waals surface area contributed by atoms with Crippen molar-refractivity contribution in [2.24, 2.45) is 5.92 Å². The third kappa shape index (κ3) is 3.78. The van der Waals surface area contributed by atoms with Gasteiger partial charge in [-0.1, -0.05) is 61.5 Å². The summed E-state index contributed by atoms with van der Waals surface area (Å²) in [6.07, 6.45) is 0.514. The van der Waals surface area contributed by atoms with E-state index in [-0.39, 0.29) is 12.2 Å². The molecule has 0 bridgehead atoms. The van der Waals surface area contributed by atoms with Gasteiger partial charge >= 0.3 is 5.97 Å². The monoisotopic (exact) mass is 282 g/mol. The first-order chi connectivity index (χ1) is 10.1. The summed E-state index contributed by atoms with van der Waals surface area (Å²) in [6, 6.07) is 17.2. The molecule has 108 valence electrons. The van der Waals surface area contributed by atoms with Gasteiger partial charge in [0.15, 0.2) is 5.78 Å². The van der Waals surface area contributed by atoms with Gasteiger partial charge in [0.25, 0.3) is 0 Å². The number of hydrogen-bond acceptors (Lipinski definition) is 2. The number of rotatable bonds is 6. The van der Waals surface area contributed by atoms with E-state index in [9.17, 15) is 9.59 Å². The molecule has 1 N–H and O–H groups in total. The van der Waals surface area contributed by atoms with E-state index in [0.717, 1.165) is 11.1 Å². The predicted octanol–water partition coefficient (Wildman–Crippen LogP) is 4.04. The van der Waals surface area contributed by atoms with Crippen LogP contribution in [0.3, 0.4) is 0 Å². The number of benzene rings is 2. The largest absolute Gasteiger partial charge is 0.481 e. The maximum Gasteiger partial charge on any atom is 0.306 e. The second-order valence-corrected chi connectivity index (χ2v) is 5.01. The molecule has 21 heavy (non-hydrogen) atoms. The first kappa shape index (κ1) is 15.0. The summed E-state index contributed by atoms with van der Waals surface area (Å²) in [5.74, 6) is -1.64. The van der Waals surface area contributed by atoms with Crippen molar-refractivity contribution in [2.75, 3.05) is 0 Å². The second kappa shape index (κ2) is 6.84. The number of carbonyl (C=O) groups excluding carboxylic acids is 1. The zero-order valence-electron chi connectivity index (χ0n) is 12.0. The van der Waals surface area contributed by atoms with Gasteiger partial charge in [-0.05, 0) is 17.5 Å². The molecule has 0 saturated carbocycles. The molecule has 0 aliphatic rings. The lowest BCUT2D eigenvalue weighted by Gasteiger charge is -2.09. The summed E-state index contributed by atoms with van der Waals surface area (Å²) < 4.78 is 0. The Balaban J connectivity index is 2.12. The molecule has 2 aromatic carbocycles.